The number of anilines is 1. The first kappa shape index (κ1) is 19.1. The van der Waals surface area contributed by atoms with Gasteiger partial charge in [-0.25, -0.2) is 4.98 Å². The highest BCUT2D eigenvalue weighted by Crippen LogP contribution is 2.43. The van der Waals surface area contributed by atoms with E-state index in [1.807, 2.05) is 12.1 Å². The number of fused-ring (bicyclic) bond motifs is 1. The van der Waals surface area contributed by atoms with Gasteiger partial charge in [0.25, 0.3) is 5.91 Å². The van der Waals surface area contributed by atoms with Crippen LogP contribution >= 0.6 is 11.3 Å². The lowest BCUT2D eigenvalue weighted by Crippen LogP contribution is -2.30. The molecule has 1 aliphatic heterocycles. The standard InChI is InChI=1S/C23H16N2O5S/c1-29-15-7-4-6-14(11-15)19-18(21(27)22(28)25(19)23-24-9-10-31-23)20(26)17-12-13-5-2-3-8-16(13)30-17/h2-12,19,27H,1H3/t19-/m0/s1. The fourth-order valence-electron chi connectivity index (χ4n) is 3.72. The van der Waals surface area contributed by atoms with E-state index in [4.69, 9.17) is 9.15 Å². The molecule has 1 aliphatic rings. The van der Waals surface area contributed by atoms with Gasteiger partial charge in [-0.2, -0.15) is 0 Å². The minimum atomic E-state index is -0.880. The quantitative estimate of drug-likeness (QED) is 0.460. The van der Waals surface area contributed by atoms with Gasteiger partial charge in [-0.05, 0) is 29.8 Å². The second-order valence-corrected chi connectivity index (χ2v) is 7.78. The molecule has 0 saturated heterocycles. The Labute approximate surface area is 180 Å². The lowest BCUT2D eigenvalue weighted by Gasteiger charge is -2.24. The summed E-state index contributed by atoms with van der Waals surface area (Å²) in [7, 11) is 1.53. The van der Waals surface area contributed by atoms with Crippen LogP contribution in [0.2, 0.25) is 0 Å². The lowest BCUT2D eigenvalue weighted by atomic mass is 9.95. The highest BCUT2D eigenvalue weighted by atomic mass is 32.1. The number of nitrogens with zero attached hydrogens (tertiary/aromatic N) is 2. The zero-order valence-electron chi connectivity index (χ0n) is 16.3. The summed E-state index contributed by atoms with van der Waals surface area (Å²) in [6.45, 7) is 0. The number of ketones is 1. The van der Waals surface area contributed by atoms with Crippen molar-refractivity contribution < 1.29 is 23.8 Å². The second-order valence-electron chi connectivity index (χ2n) is 6.91. The van der Waals surface area contributed by atoms with Crippen LogP contribution < -0.4 is 9.64 Å². The van der Waals surface area contributed by atoms with Crippen molar-refractivity contribution in [3.63, 3.8) is 0 Å². The van der Waals surface area contributed by atoms with Crippen LogP contribution in [0.3, 0.4) is 0 Å². The molecule has 0 aliphatic carbocycles. The zero-order valence-corrected chi connectivity index (χ0v) is 17.1. The molecule has 0 saturated carbocycles. The Balaban J connectivity index is 1.67. The predicted octanol–water partition coefficient (Wildman–Crippen LogP) is 4.68. The third-order valence-corrected chi connectivity index (χ3v) is 5.91. The number of hydrogen-bond donors (Lipinski definition) is 1. The largest absolute Gasteiger partial charge is 0.503 e. The second kappa shape index (κ2) is 7.41. The number of furan rings is 1. The van der Waals surface area contributed by atoms with Gasteiger partial charge in [0, 0.05) is 17.0 Å². The maximum atomic E-state index is 13.5. The van der Waals surface area contributed by atoms with Crippen molar-refractivity contribution in [1.82, 2.24) is 4.98 Å². The van der Waals surface area contributed by atoms with Gasteiger partial charge in [0.15, 0.2) is 16.7 Å². The molecule has 1 amide bonds. The summed E-state index contributed by atoms with van der Waals surface area (Å²) in [5.41, 5.74) is 1.09. The lowest BCUT2D eigenvalue weighted by molar-refractivity contribution is -0.117. The van der Waals surface area contributed by atoms with Gasteiger partial charge in [-0.3, -0.25) is 14.5 Å². The Hall–Kier alpha value is -3.91. The molecule has 2 aromatic carbocycles. The number of carbonyl (C=O) groups is 2. The number of para-hydroxylation sites is 1. The molecule has 0 spiro atoms. The van der Waals surface area contributed by atoms with E-state index in [0.29, 0.717) is 22.0 Å². The summed E-state index contributed by atoms with van der Waals surface area (Å²) in [6, 6.07) is 15.0. The summed E-state index contributed by atoms with van der Waals surface area (Å²) in [4.78, 5) is 32.1. The predicted molar refractivity (Wildman–Crippen MR) is 116 cm³/mol. The van der Waals surface area contributed by atoms with Crippen LogP contribution in [0.5, 0.6) is 5.75 Å². The van der Waals surface area contributed by atoms with Crippen molar-refractivity contribution in [2.24, 2.45) is 0 Å². The van der Waals surface area contributed by atoms with Crippen molar-refractivity contribution in [3.05, 3.63) is 88.8 Å². The molecule has 0 bridgehead atoms. The average molecular weight is 432 g/mol. The number of carbonyl (C=O) groups excluding carboxylic acids is 2. The van der Waals surface area contributed by atoms with Crippen molar-refractivity contribution >= 4 is 39.1 Å². The van der Waals surface area contributed by atoms with Crippen LogP contribution in [-0.4, -0.2) is 28.9 Å². The highest BCUT2D eigenvalue weighted by molar-refractivity contribution is 7.13. The molecule has 0 fully saturated rings. The van der Waals surface area contributed by atoms with Gasteiger partial charge in [-0.1, -0.05) is 30.3 Å². The Morgan fingerprint density at radius 2 is 2.03 bits per heavy atom. The van der Waals surface area contributed by atoms with Crippen LogP contribution in [0.25, 0.3) is 11.0 Å². The molecule has 5 rings (SSSR count). The molecule has 31 heavy (non-hydrogen) atoms. The molecule has 3 heterocycles. The van der Waals surface area contributed by atoms with Crippen LogP contribution in [0, 0.1) is 0 Å². The first-order chi connectivity index (χ1) is 15.1. The number of ether oxygens (including phenoxy) is 1. The molecule has 1 atom stereocenters. The Bertz CT molecular complexity index is 1310. The van der Waals surface area contributed by atoms with E-state index in [-0.39, 0.29) is 11.3 Å². The Kier molecular flexibility index (Phi) is 4.56. The van der Waals surface area contributed by atoms with Crippen LogP contribution in [-0.2, 0) is 4.79 Å². The van der Waals surface area contributed by atoms with E-state index >= 15 is 0 Å². The number of aliphatic hydroxyl groups excluding tert-OH is 1. The van der Waals surface area contributed by atoms with Gasteiger partial charge in [0.1, 0.15) is 11.3 Å². The van der Waals surface area contributed by atoms with Gasteiger partial charge in [0.05, 0.1) is 18.7 Å². The maximum Gasteiger partial charge on any atom is 0.296 e. The molecule has 8 heteroatoms. The first-order valence-electron chi connectivity index (χ1n) is 9.42. The average Bonchev–Trinajstić information content (AvgIpc) is 3.52. The minimum Gasteiger partial charge on any atom is -0.503 e. The smallest absolute Gasteiger partial charge is 0.296 e. The molecule has 0 radical (unpaired) electrons. The van der Waals surface area contributed by atoms with Crippen molar-refractivity contribution in [2.45, 2.75) is 6.04 Å². The Morgan fingerprint density at radius 3 is 2.77 bits per heavy atom. The summed E-state index contributed by atoms with van der Waals surface area (Å²) in [5, 5.41) is 13.6. The van der Waals surface area contributed by atoms with Crippen molar-refractivity contribution in [2.75, 3.05) is 12.0 Å². The van der Waals surface area contributed by atoms with Crippen LogP contribution in [0.15, 0.2) is 81.9 Å². The SMILES string of the molecule is COc1cccc([C@H]2C(C(=O)c3cc4ccccc4o3)=C(O)C(=O)N2c2nccs2)c1. The van der Waals surface area contributed by atoms with E-state index in [2.05, 4.69) is 4.98 Å². The topological polar surface area (TPSA) is 92.9 Å². The molecule has 2 aromatic heterocycles. The Morgan fingerprint density at radius 1 is 1.19 bits per heavy atom. The molecular formula is C23H16N2O5S. The van der Waals surface area contributed by atoms with Crippen molar-refractivity contribution in [1.29, 1.82) is 0 Å². The molecule has 7 nitrogen and oxygen atoms in total. The first-order valence-corrected chi connectivity index (χ1v) is 10.3. The number of aromatic nitrogens is 1. The van der Waals surface area contributed by atoms with Crippen LogP contribution in [0.4, 0.5) is 5.13 Å². The molecular weight excluding hydrogens is 416 g/mol. The summed E-state index contributed by atoms with van der Waals surface area (Å²) in [6.07, 6.45) is 1.56. The van der Waals surface area contributed by atoms with E-state index < -0.39 is 23.5 Å². The third-order valence-electron chi connectivity index (χ3n) is 5.14. The van der Waals surface area contributed by atoms with E-state index in [1.165, 1.54) is 23.3 Å². The summed E-state index contributed by atoms with van der Waals surface area (Å²) in [5.74, 6) is -1.26. The van der Waals surface area contributed by atoms with E-state index in [0.717, 1.165) is 5.39 Å². The number of Topliss-reactive ketones (excluding diaryl/α,β-unsaturated/α-hetero) is 1. The fourth-order valence-corrected chi connectivity index (χ4v) is 4.39. The fraction of sp³-hybridized carbons (Fsp3) is 0.0870. The molecule has 1 N–H and O–H groups in total. The normalized spacial score (nSPS) is 16.4. The van der Waals surface area contributed by atoms with Gasteiger partial charge >= 0.3 is 0 Å². The maximum absolute atomic E-state index is 13.5. The number of hydrogen-bond acceptors (Lipinski definition) is 7. The number of aliphatic hydroxyl groups is 1. The molecule has 154 valence electrons. The highest BCUT2D eigenvalue weighted by Gasteiger charge is 2.46. The summed E-state index contributed by atoms with van der Waals surface area (Å²) < 4.78 is 11.0. The van der Waals surface area contributed by atoms with Crippen LogP contribution in [0.1, 0.15) is 22.2 Å². The summed E-state index contributed by atoms with van der Waals surface area (Å²) >= 11 is 1.24. The van der Waals surface area contributed by atoms with E-state index in [9.17, 15) is 14.7 Å². The van der Waals surface area contributed by atoms with Gasteiger partial charge in [-0.15, -0.1) is 11.3 Å². The number of benzene rings is 2. The number of thiazole rings is 1. The molecule has 4 aromatic rings. The number of amides is 1. The van der Waals surface area contributed by atoms with Gasteiger partial charge in [0.2, 0.25) is 5.78 Å². The monoisotopic (exact) mass is 432 g/mol. The third kappa shape index (κ3) is 3.08. The van der Waals surface area contributed by atoms with E-state index in [1.54, 1.807) is 54.0 Å². The van der Waals surface area contributed by atoms with Crippen molar-refractivity contribution in [3.8, 4) is 5.75 Å². The zero-order chi connectivity index (χ0) is 21.5. The van der Waals surface area contributed by atoms with Gasteiger partial charge < -0.3 is 14.3 Å². The molecule has 0 unspecified atom stereocenters. The number of methoxy groups -OCH3 is 1. The number of rotatable bonds is 5. The minimum absolute atomic E-state index is 0.0458.